The second kappa shape index (κ2) is 1.90. The summed E-state index contributed by atoms with van der Waals surface area (Å²) in [5.41, 5.74) is 0.843. The molecule has 0 radical (unpaired) electrons. The fourth-order valence-corrected chi connectivity index (χ4v) is 1.10. The number of hydrogen-bond donors (Lipinski definition) is 1. The summed E-state index contributed by atoms with van der Waals surface area (Å²) in [6, 6.07) is 0. The molecule has 2 heterocycles. The zero-order valence-electron chi connectivity index (χ0n) is 5.32. The molecule has 2 rings (SSSR count). The molecule has 2 aliphatic rings. The first-order chi connectivity index (χ1) is 4.88. The largest absolute Gasteiger partial charge is 0.481 e. The van der Waals surface area contributed by atoms with Crippen LogP contribution in [0.25, 0.3) is 0 Å². The van der Waals surface area contributed by atoms with Crippen LogP contribution in [0.5, 0.6) is 0 Å². The first-order valence-electron chi connectivity index (χ1n) is 3.14. The minimum atomic E-state index is 0.0485. The number of hydrogen-bond acceptors (Lipinski definition) is 3. The van der Waals surface area contributed by atoms with Gasteiger partial charge in [0, 0.05) is 11.7 Å². The molecule has 0 fully saturated rings. The molecule has 2 aliphatic heterocycles. The number of aliphatic hydroxyl groups is 1. The van der Waals surface area contributed by atoms with E-state index in [0.717, 1.165) is 5.47 Å². The van der Waals surface area contributed by atoms with Crippen molar-refractivity contribution in [2.75, 3.05) is 6.51 Å². The van der Waals surface area contributed by atoms with Crippen LogP contribution in [0, 0.1) is 0 Å². The predicted molar refractivity (Wildman–Crippen MR) is 39.0 cm³/mol. The van der Waals surface area contributed by atoms with E-state index < -0.39 is 0 Å². The van der Waals surface area contributed by atoms with Gasteiger partial charge in [-0.3, -0.25) is 4.99 Å². The molecule has 0 aromatic heterocycles. The molecule has 3 nitrogen and oxygen atoms in total. The number of allylic oxidation sites excluding steroid dienone is 2. The van der Waals surface area contributed by atoms with Crippen molar-refractivity contribution < 1.29 is 9.84 Å². The molecule has 0 saturated carbocycles. The predicted octanol–water partition coefficient (Wildman–Crippen LogP) is 0.497. The highest BCUT2D eigenvalue weighted by molar-refractivity contribution is 6.92. The zero-order chi connectivity index (χ0) is 6.97. The van der Waals surface area contributed by atoms with Crippen LogP contribution in [0.4, 0.5) is 0 Å². The van der Waals surface area contributed by atoms with Crippen molar-refractivity contribution in [3.8, 4) is 0 Å². The lowest BCUT2D eigenvalue weighted by atomic mass is 9.47. The summed E-state index contributed by atoms with van der Waals surface area (Å²) in [4.78, 5) is 3.92. The van der Waals surface area contributed by atoms with Crippen LogP contribution in [-0.4, -0.2) is 24.4 Å². The Balaban J connectivity index is 2.39. The Kier molecular flexibility index (Phi) is 1.06. The fraction of sp³-hybridized carbons (Fsp3) is 0.167. The topological polar surface area (TPSA) is 41.8 Å². The van der Waals surface area contributed by atoms with Crippen LogP contribution < -0.4 is 0 Å². The molecule has 1 N–H and O–H groups in total. The molecule has 4 heteroatoms. The van der Waals surface area contributed by atoms with Gasteiger partial charge < -0.3 is 9.84 Å². The lowest BCUT2D eigenvalue weighted by Crippen LogP contribution is -2.20. The van der Waals surface area contributed by atoms with E-state index in [9.17, 15) is 0 Å². The van der Waals surface area contributed by atoms with Crippen LogP contribution in [0.2, 0.25) is 0 Å². The number of rotatable bonds is 0. The van der Waals surface area contributed by atoms with E-state index in [1.54, 1.807) is 18.4 Å². The number of aliphatic imine (C=N–C) groups is 1. The molecule has 0 saturated heterocycles. The molecule has 0 atom stereocenters. The van der Waals surface area contributed by atoms with Gasteiger partial charge in [0.05, 0.1) is 6.51 Å². The van der Waals surface area contributed by atoms with Gasteiger partial charge in [-0.2, -0.15) is 0 Å². The van der Waals surface area contributed by atoms with E-state index in [1.165, 1.54) is 0 Å². The summed E-state index contributed by atoms with van der Waals surface area (Å²) >= 11 is 0. The quantitative estimate of drug-likeness (QED) is 0.491. The van der Waals surface area contributed by atoms with Gasteiger partial charge in [0.25, 0.3) is 12.7 Å². The Labute approximate surface area is 58.8 Å². The van der Waals surface area contributed by atoms with Gasteiger partial charge in [-0.05, 0) is 12.2 Å². The molecule has 0 bridgehead atoms. The number of nitrogens with zero attached hydrogens (tertiary/aromatic N) is 1. The third-order valence-electron chi connectivity index (χ3n) is 1.65. The van der Waals surface area contributed by atoms with E-state index in [-0.39, 0.29) is 12.7 Å². The maximum atomic E-state index is 9.07. The Hall–Kier alpha value is -1.19. The summed E-state index contributed by atoms with van der Waals surface area (Å²) in [6.45, 7) is 0.694. The average molecular weight is 135 g/mol. The molecular weight excluding hydrogens is 129 g/mol. The highest BCUT2D eigenvalue weighted by atomic mass is 16.6. The number of fused-ring (bicyclic) bond motifs is 1. The minimum absolute atomic E-state index is 0.0485. The Morgan fingerprint density at radius 2 is 2.60 bits per heavy atom. The summed E-state index contributed by atoms with van der Waals surface area (Å²) < 4.78 is 4.89. The van der Waals surface area contributed by atoms with Crippen molar-refractivity contribution in [3.63, 3.8) is 0 Å². The molecule has 0 spiro atoms. The summed E-state index contributed by atoms with van der Waals surface area (Å²) in [6.07, 6.45) is 5.20. The van der Waals surface area contributed by atoms with Gasteiger partial charge in [0.2, 0.25) is 0 Å². The Bertz CT molecular complexity index is 244. The maximum absolute atomic E-state index is 9.07. The first-order valence-corrected chi connectivity index (χ1v) is 3.14. The maximum Gasteiger partial charge on any atom is 0.275 e. The molecule has 50 valence electrons. The second-order valence-corrected chi connectivity index (χ2v) is 2.29. The summed E-state index contributed by atoms with van der Waals surface area (Å²) in [7, 11) is 0. The van der Waals surface area contributed by atoms with Crippen LogP contribution in [0.1, 0.15) is 0 Å². The van der Waals surface area contributed by atoms with Crippen LogP contribution in [0.3, 0.4) is 0 Å². The average Bonchev–Trinajstić information content (AvgIpc) is 2.34. The first kappa shape index (κ1) is 5.59. The van der Waals surface area contributed by atoms with Gasteiger partial charge in [0.15, 0.2) is 0 Å². The highest BCUT2D eigenvalue weighted by Gasteiger charge is 2.29. The highest BCUT2D eigenvalue weighted by Crippen LogP contribution is 2.18. The standard InChI is InChI=1S/C6H6BNO2/c9-6-5-1-2-8-3-7(5)4-10-6/h1-3,9H,4H2. The molecule has 0 aromatic carbocycles. The monoisotopic (exact) mass is 135 g/mol. The lowest BCUT2D eigenvalue weighted by molar-refractivity contribution is 0.130. The Morgan fingerprint density at radius 3 is 3.40 bits per heavy atom. The molecule has 0 aliphatic carbocycles. The lowest BCUT2D eigenvalue weighted by Gasteiger charge is -1.99. The van der Waals surface area contributed by atoms with E-state index in [2.05, 4.69) is 4.99 Å². The third-order valence-corrected chi connectivity index (χ3v) is 1.65. The second-order valence-electron chi connectivity index (χ2n) is 2.29. The van der Waals surface area contributed by atoms with E-state index in [0.29, 0.717) is 6.51 Å². The summed E-state index contributed by atoms with van der Waals surface area (Å²) in [5, 5.41) is 9.07. The van der Waals surface area contributed by atoms with E-state index in [1.807, 2.05) is 0 Å². The van der Waals surface area contributed by atoms with Crippen LogP contribution >= 0.6 is 0 Å². The van der Waals surface area contributed by atoms with Crippen LogP contribution in [-0.2, 0) is 4.74 Å². The molecule has 0 aromatic rings. The number of ether oxygens (including phenoxy) is 1. The van der Waals surface area contributed by atoms with Crippen LogP contribution in [0.15, 0.2) is 28.7 Å². The van der Waals surface area contributed by atoms with Crippen molar-refractivity contribution in [1.29, 1.82) is 0 Å². The van der Waals surface area contributed by atoms with Gasteiger partial charge in [-0.25, -0.2) is 0 Å². The van der Waals surface area contributed by atoms with Gasteiger partial charge in [0.1, 0.15) is 0 Å². The van der Waals surface area contributed by atoms with Crippen molar-refractivity contribution in [2.24, 2.45) is 4.99 Å². The van der Waals surface area contributed by atoms with E-state index in [4.69, 9.17) is 9.84 Å². The third kappa shape index (κ3) is 0.651. The normalized spacial score (nSPS) is 21.4. The molecule has 0 amide bonds. The van der Waals surface area contributed by atoms with Crippen molar-refractivity contribution in [2.45, 2.75) is 0 Å². The van der Waals surface area contributed by atoms with Gasteiger partial charge in [-0.1, -0.05) is 0 Å². The van der Waals surface area contributed by atoms with Gasteiger partial charge >= 0.3 is 0 Å². The Morgan fingerprint density at radius 1 is 1.70 bits per heavy atom. The molecular formula is C6H6BNO2. The fourth-order valence-electron chi connectivity index (χ4n) is 1.10. The van der Waals surface area contributed by atoms with Crippen molar-refractivity contribution in [1.82, 2.24) is 0 Å². The van der Waals surface area contributed by atoms with Gasteiger partial charge in [-0.15, -0.1) is 0 Å². The smallest absolute Gasteiger partial charge is 0.275 e. The molecule has 0 unspecified atom stereocenters. The molecule has 10 heavy (non-hydrogen) atoms. The SMILES string of the molecule is OC1=C2C=CN=CB2CO1. The van der Waals surface area contributed by atoms with Crippen molar-refractivity contribution >= 4 is 12.8 Å². The summed E-state index contributed by atoms with van der Waals surface area (Å²) in [5.74, 6) is 0.0485. The van der Waals surface area contributed by atoms with E-state index >= 15 is 0 Å². The van der Waals surface area contributed by atoms with Crippen molar-refractivity contribution in [3.05, 3.63) is 23.7 Å². The minimum Gasteiger partial charge on any atom is -0.481 e. The zero-order valence-corrected chi connectivity index (χ0v) is 5.32. The number of aliphatic hydroxyl groups excluding tert-OH is 1.